The first kappa shape index (κ1) is 60.2. The van der Waals surface area contributed by atoms with Crippen molar-refractivity contribution in [1.29, 1.82) is 0 Å². The SMILES string of the molecule is CC[C@H](C)[C@@H]1NC(=O)CNC(=O)C2Cc3c([nH]c4cc(OCCCCCC(=O)OC(C)(C)C)ccc34)[S@](=O)CC(NC(=O)CNC1=O)C(=O)N[C@@H](CC(N)=O)C(=O)N1C[C@H](O)C[C@H]1C(=O)N[C@@H]([C@@H](C)[C@@H](O)CO)C(=O)N2. The molecule has 27 heteroatoms. The van der Waals surface area contributed by atoms with Gasteiger partial charge in [-0.15, -0.1) is 0 Å². The van der Waals surface area contributed by atoms with Gasteiger partial charge in [-0.3, -0.25) is 52.2 Å². The van der Waals surface area contributed by atoms with Crippen LogP contribution in [0.4, 0.5) is 0 Å². The number of H-pyrrole nitrogens is 1. The molecule has 4 heterocycles. The van der Waals surface area contributed by atoms with E-state index in [-0.39, 0.29) is 35.1 Å². The van der Waals surface area contributed by atoms with Crippen LogP contribution < -0.4 is 47.7 Å². The molecule has 3 aliphatic rings. The maximum atomic E-state index is 15.0. The Balaban J connectivity index is 1.66. The Morgan fingerprint density at radius 2 is 1.54 bits per heavy atom. The number of aromatic amines is 1. The van der Waals surface area contributed by atoms with Gasteiger partial charge in [-0.25, -0.2) is 0 Å². The number of amides is 9. The summed E-state index contributed by atoms with van der Waals surface area (Å²) in [5.41, 5.74) is 5.33. The van der Waals surface area contributed by atoms with E-state index in [4.69, 9.17) is 15.2 Å². The molecule has 76 heavy (non-hydrogen) atoms. The molecule has 3 aliphatic heterocycles. The van der Waals surface area contributed by atoms with Crippen molar-refractivity contribution in [3.63, 3.8) is 0 Å². The number of hydrogen-bond acceptors (Lipinski definition) is 16. The number of aliphatic hydroxyl groups excluding tert-OH is 3. The van der Waals surface area contributed by atoms with Crippen LogP contribution in [0.5, 0.6) is 5.75 Å². The molecule has 13 N–H and O–H groups in total. The number of primary amides is 1. The van der Waals surface area contributed by atoms with Crippen LogP contribution >= 0.6 is 0 Å². The second-order valence-corrected chi connectivity index (χ2v) is 21.8. The Morgan fingerprint density at radius 3 is 2.20 bits per heavy atom. The van der Waals surface area contributed by atoms with Crippen LogP contribution in [0.2, 0.25) is 0 Å². The predicted octanol–water partition coefficient (Wildman–Crippen LogP) is -3.34. The summed E-state index contributed by atoms with van der Waals surface area (Å²) in [6, 6.07) is -5.29. The molecule has 2 bridgehead atoms. The maximum Gasteiger partial charge on any atom is 0.306 e. The maximum absolute atomic E-state index is 15.0. The number of carbonyl (C=O) groups excluding carboxylic acids is 10. The van der Waals surface area contributed by atoms with Crippen molar-refractivity contribution in [3.8, 4) is 5.75 Å². The predicted molar refractivity (Wildman–Crippen MR) is 270 cm³/mol. The van der Waals surface area contributed by atoms with Crippen molar-refractivity contribution >= 4 is 80.8 Å². The number of benzene rings is 1. The highest BCUT2D eigenvalue weighted by Crippen LogP contribution is 2.31. The van der Waals surface area contributed by atoms with Crippen molar-refractivity contribution < 1.29 is 76.9 Å². The molecular formula is C49H72N10O16S. The molecule has 5 rings (SSSR count). The topological polar surface area (TPSA) is 396 Å². The van der Waals surface area contributed by atoms with Crippen LogP contribution in [0.25, 0.3) is 10.9 Å². The molecule has 2 unspecified atom stereocenters. The first-order valence-corrected chi connectivity index (χ1v) is 26.6. The van der Waals surface area contributed by atoms with Gasteiger partial charge < -0.3 is 77.6 Å². The molecule has 0 radical (unpaired) electrons. The lowest BCUT2D eigenvalue weighted by Gasteiger charge is -2.32. The van der Waals surface area contributed by atoms with Gasteiger partial charge >= 0.3 is 5.97 Å². The zero-order valence-corrected chi connectivity index (χ0v) is 44.3. The molecular weight excluding hydrogens is 1020 g/mol. The molecule has 1 saturated heterocycles. The second kappa shape index (κ2) is 26.9. The minimum Gasteiger partial charge on any atom is -0.494 e. The molecule has 0 saturated carbocycles. The third kappa shape index (κ3) is 16.4. The highest BCUT2D eigenvalue weighted by atomic mass is 32.2. The van der Waals surface area contributed by atoms with E-state index >= 15 is 0 Å². The minimum absolute atomic E-state index is 0.116. The Hall–Kier alpha value is -6.71. The number of aromatic nitrogens is 1. The first-order valence-electron chi connectivity index (χ1n) is 25.3. The van der Waals surface area contributed by atoms with Crippen LogP contribution in [0.15, 0.2) is 23.2 Å². The van der Waals surface area contributed by atoms with Gasteiger partial charge in [0.05, 0.1) is 67.0 Å². The smallest absolute Gasteiger partial charge is 0.306 e. The first-order chi connectivity index (χ1) is 35.8. The van der Waals surface area contributed by atoms with E-state index in [1.54, 1.807) is 52.8 Å². The third-order valence-electron chi connectivity index (χ3n) is 13.2. The van der Waals surface area contributed by atoms with E-state index in [0.29, 0.717) is 36.8 Å². The third-order valence-corrected chi connectivity index (χ3v) is 14.7. The van der Waals surface area contributed by atoms with Crippen LogP contribution in [0.1, 0.15) is 92.1 Å². The zero-order valence-electron chi connectivity index (χ0n) is 43.5. The van der Waals surface area contributed by atoms with Gasteiger partial charge in [-0.1, -0.05) is 27.2 Å². The Morgan fingerprint density at radius 1 is 0.855 bits per heavy atom. The average Bonchev–Trinajstić information content (AvgIpc) is 3.93. The summed E-state index contributed by atoms with van der Waals surface area (Å²) >= 11 is 0. The number of carbonyl (C=O) groups is 10. The van der Waals surface area contributed by atoms with Gasteiger partial charge in [0.1, 0.15) is 52.6 Å². The molecule has 2 aromatic rings. The van der Waals surface area contributed by atoms with E-state index in [0.717, 1.165) is 4.90 Å². The molecule has 1 fully saturated rings. The summed E-state index contributed by atoms with van der Waals surface area (Å²) in [6.45, 7) is 7.32. The van der Waals surface area contributed by atoms with Crippen molar-refractivity contribution in [2.75, 3.05) is 38.6 Å². The number of fused-ring (bicyclic) bond motifs is 5. The number of unbranched alkanes of at least 4 members (excludes halogenated alkanes) is 2. The van der Waals surface area contributed by atoms with Crippen LogP contribution in [0, 0.1) is 11.8 Å². The number of nitrogens with zero attached hydrogens (tertiary/aromatic N) is 1. The monoisotopic (exact) mass is 1090 g/mol. The summed E-state index contributed by atoms with van der Waals surface area (Å²) < 4.78 is 26.4. The van der Waals surface area contributed by atoms with Crippen LogP contribution in [0.3, 0.4) is 0 Å². The molecule has 26 nitrogen and oxygen atoms in total. The second-order valence-electron chi connectivity index (χ2n) is 20.4. The number of aliphatic hydroxyl groups is 3. The molecule has 420 valence electrons. The van der Waals surface area contributed by atoms with Gasteiger partial charge in [0.2, 0.25) is 53.2 Å². The number of hydrogen-bond donors (Lipinski definition) is 12. The quantitative estimate of drug-likeness (QED) is 0.0650. The molecule has 0 spiro atoms. The average molecular weight is 1090 g/mol. The van der Waals surface area contributed by atoms with Gasteiger partial charge in [0, 0.05) is 43.2 Å². The molecule has 9 amide bonds. The normalized spacial score (nSPS) is 26.0. The zero-order chi connectivity index (χ0) is 56.2. The number of rotatable bonds is 14. The largest absolute Gasteiger partial charge is 0.494 e. The highest BCUT2D eigenvalue weighted by Gasteiger charge is 2.45. The lowest BCUT2D eigenvalue weighted by Crippen LogP contribution is -2.62. The minimum atomic E-state index is -2.40. The standard InChI is InChI=1S/C49H72N10O16S/c1-7-24(2)40-45(70)52-19-37(64)53-33-23-76(73)47-29(28-13-12-27(16-30(28)56-47)74-14-10-8-9-11-39(66)75-49(4,5)6)17-31(42(67)51-20-38(65)57-40)54-46(71)41(25(3)35(62)22-60)58-44(69)34-15-26(61)21-59(34)48(72)32(18-36(50)63)55-43(33)68/h12-13,16,24-26,31-35,40-41,56,60-62H,7-11,14-15,17-23H2,1-6H3,(H2,50,63)(H,51,67)(H,52,70)(H,53,64)(H,54,71)(H,55,68)(H,57,65)(H,58,69)/t24-,25-,26+,31?,32-,33?,34-,35-,40-,41-,76+/m0/s1. The molecule has 11 atom stereocenters. The Labute approximate surface area is 441 Å². The fourth-order valence-electron chi connectivity index (χ4n) is 8.91. The summed E-state index contributed by atoms with van der Waals surface area (Å²) in [6.07, 6.45) is -2.50. The number of nitrogens with two attached hydrogens (primary N) is 1. The molecule has 1 aromatic heterocycles. The number of nitrogens with one attached hydrogen (secondary N) is 8. The lowest BCUT2D eigenvalue weighted by atomic mass is 9.93. The van der Waals surface area contributed by atoms with Gasteiger partial charge in [-0.2, -0.15) is 0 Å². The summed E-state index contributed by atoms with van der Waals surface area (Å²) in [7, 11) is -2.40. The highest BCUT2D eigenvalue weighted by molar-refractivity contribution is 7.85. The summed E-state index contributed by atoms with van der Waals surface area (Å²) in [5, 5.41) is 49.2. The van der Waals surface area contributed by atoms with E-state index in [9.17, 15) is 67.5 Å². The van der Waals surface area contributed by atoms with E-state index in [1.807, 2.05) is 0 Å². The van der Waals surface area contributed by atoms with E-state index < -0.39 is 181 Å². The summed E-state index contributed by atoms with van der Waals surface area (Å²) in [4.78, 5) is 142. The van der Waals surface area contributed by atoms with E-state index in [1.165, 1.54) is 6.92 Å². The van der Waals surface area contributed by atoms with E-state index in [2.05, 4.69) is 42.2 Å². The van der Waals surface area contributed by atoms with Gasteiger partial charge in [0.15, 0.2) is 0 Å². The summed E-state index contributed by atoms with van der Waals surface area (Å²) in [5.74, 6) is -11.8. The van der Waals surface area contributed by atoms with Crippen molar-refractivity contribution in [2.24, 2.45) is 17.6 Å². The Kier molecular flexibility index (Phi) is 21.3. The van der Waals surface area contributed by atoms with Crippen molar-refractivity contribution in [3.05, 3.63) is 23.8 Å². The van der Waals surface area contributed by atoms with Gasteiger partial charge in [-0.05, 0) is 63.6 Å². The fraction of sp³-hybridized carbons (Fsp3) is 0.633. The van der Waals surface area contributed by atoms with Crippen LogP contribution in [-0.2, 0) is 69.9 Å². The molecule has 0 aliphatic carbocycles. The Bertz CT molecular complexity index is 2530. The van der Waals surface area contributed by atoms with Crippen molar-refractivity contribution in [2.45, 2.75) is 152 Å². The van der Waals surface area contributed by atoms with Crippen molar-refractivity contribution in [1.82, 2.24) is 47.1 Å². The number of ether oxygens (including phenoxy) is 2. The lowest BCUT2D eigenvalue weighted by molar-refractivity contribution is -0.155. The fourth-order valence-corrected chi connectivity index (χ4v) is 10.3. The molecule has 1 aromatic carbocycles. The number of esters is 1. The van der Waals surface area contributed by atoms with Gasteiger partial charge in [0.25, 0.3) is 0 Å². The van der Waals surface area contributed by atoms with Crippen LogP contribution in [-0.4, -0.2) is 181 Å².